The lowest BCUT2D eigenvalue weighted by molar-refractivity contribution is 0.0464. The minimum absolute atomic E-state index is 0.278. The number of aryl methyl sites for hydroxylation is 1. The van der Waals surface area contributed by atoms with Crippen molar-refractivity contribution < 1.29 is 9.47 Å². The number of unbranched alkanes of at least 4 members (excludes halogenated alkanes) is 7. The molecule has 0 saturated carbocycles. The lowest BCUT2D eigenvalue weighted by atomic mass is 10.0. The van der Waals surface area contributed by atoms with Crippen molar-refractivity contribution in [3.63, 3.8) is 0 Å². The van der Waals surface area contributed by atoms with Gasteiger partial charge in [-0.05, 0) is 67.0 Å². The maximum atomic E-state index is 6.00. The third-order valence-electron chi connectivity index (χ3n) is 6.86. The van der Waals surface area contributed by atoms with Crippen LogP contribution in [-0.2, 0) is 17.8 Å². The fourth-order valence-electron chi connectivity index (χ4n) is 4.52. The van der Waals surface area contributed by atoms with Gasteiger partial charge in [0.2, 0.25) is 0 Å². The highest BCUT2D eigenvalue weighted by Crippen LogP contribution is 2.24. The van der Waals surface area contributed by atoms with Gasteiger partial charge in [-0.3, -0.25) is 0 Å². The molecule has 0 aliphatic carbocycles. The average Bonchev–Trinajstić information content (AvgIpc) is 2.92. The van der Waals surface area contributed by atoms with Gasteiger partial charge in [0.25, 0.3) is 0 Å². The number of hydrogen-bond acceptors (Lipinski definition) is 2. The van der Waals surface area contributed by atoms with Crippen LogP contribution < -0.4 is 4.74 Å². The molecule has 194 valence electrons. The van der Waals surface area contributed by atoms with Crippen molar-refractivity contribution >= 4 is 0 Å². The van der Waals surface area contributed by atoms with Gasteiger partial charge in [-0.1, -0.05) is 119 Å². The standard InChI is InChI=1S/C34H46O2/c1-3-4-5-6-7-8-9-13-27-35-34-25-23-33(24-26-34)32-21-19-30(20-22-32)18-14-15-29(2)36-28-31-16-11-10-12-17-31/h10-12,16-17,19-26,29H,3-9,13-15,18,27-28H2,1-2H3. The summed E-state index contributed by atoms with van der Waals surface area (Å²) >= 11 is 0. The van der Waals surface area contributed by atoms with Crippen molar-refractivity contribution in [3.8, 4) is 16.9 Å². The first-order chi connectivity index (χ1) is 17.7. The van der Waals surface area contributed by atoms with Crippen molar-refractivity contribution in [3.05, 3.63) is 90.0 Å². The van der Waals surface area contributed by atoms with Crippen LogP contribution >= 0.6 is 0 Å². The van der Waals surface area contributed by atoms with E-state index in [4.69, 9.17) is 9.47 Å². The van der Waals surface area contributed by atoms with E-state index in [1.807, 2.05) is 6.07 Å². The summed E-state index contributed by atoms with van der Waals surface area (Å²) < 4.78 is 12.0. The highest BCUT2D eigenvalue weighted by atomic mass is 16.5. The molecular weight excluding hydrogens is 440 g/mol. The number of rotatable bonds is 18. The molecule has 0 saturated heterocycles. The topological polar surface area (TPSA) is 18.5 Å². The molecule has 0 amide bonds. The Morgan fingerprint density at radius 2 is 1.22 bits per heavy atom. The monoisotopic (exact) mass is 486 g/mol. The first-order valence-corrected chi connectivity index (χ1v) is 14.2. The van der Waals surface area contributed by atoms with E-state index in [-0.39, 0.29) is 6.10 Å². The van der Waals surface area contributed by atoms with E-state index in [1.165, 1.54) is 67.2 Å². The van der Waals surface area contributed by atoms with E-state index < -0.39 is 0 Å². The Morgan fingerprint density at radius 1 is 0.611 bits per heavy atom. The fraction of sp³-hybridized carbons (Fsp3) is 0.471. The SMILES string of the molecule is CCCCCCCCCCOc1ccc(-c2ccc(CCCC(C)OCc3ccccc3)cc2)cc1. The highest BCUT2D eigenvalue weighted by Gasteiger charge is 2.05. The molecule has 1 atom stereocenters. The Bertz CT molecular complexity index is 931. The quantitative estimate of drug-likeness (QED) is 0.167. The zero-order chi connectivity index (χ0) is 25.3. The maximum absolute atomic E-state index is 6.00. The lowest BCUT2D eigenvalue weighted by Gasteiger charge is -2.13. The van der Waals surface area contributed by atoms with Crippen LogP contribution in [0.15, 0.2) is 78.9 Å². The van der Waals surface area contributed by atoms with Crippen LogP contribution in [0.4, 0.5) is 0 Å². The van der Waals surface area contributed by atoms with Crippen molar-refractivity contribution in [2.24, 2.45) is 0 Å². The molecule has 0 aliphatic heterocycles. The molecule has 0 aromatic heterocycles. The lowest BCUT2D eigenvalue weighted by Crippen LogP contribution is -2.08. The molecule has 0 radical (unpaired) electrons. The molecule has 3 aromatic rings. The summed E-state index contributed by atoms with van der Waals surface area (Å²) in [4.78, 5) is 0. The fourth-order valence-corrected chi connectivity index (χ4v) is 4.52. The van der Waals surface area contributed by atoms with E-state index in [2.05, 4.69) is 86.6 Å². The van der Waals surface area contributed by atoms with Gasteiger partial charge in [0.1, 0.15) is 5.75 Å². The second-order valence-electron chi connectivity index (χ2n) is 10.0. The summed E-state index contributed by atoms with van der Waals surface area (Å²) in [5.74, 6) is 0.974. The highest BCUT2D eigenvalue weighted by molar-refractivity contribution is 5.64. The Kier molecular flexibility index (Phi) is 13.2. The number of hydrogen-bond donors (Lipinski definition) is 0. The van der Waals surface area contributed by atoms with Gasteiger partial charge in [-0.2, -0.15) is 0 Å². The Balaban J connectivity index is 1.30. The molecule has 0 aliphatic rings. The maximum Gasteiger partial charge on any atom is 0.119 e. The molecule has 0 N–H and O–H groups in total. The van der Waals surface area contributed by atoms with Gasteiger partial charge in [-0.25, -0.2) is 0 Å². The molecule has 0 fully saturated rings. The van der Waals surface area contributed by atoms with E-state index in [0.717, 1.165) is 38.0 Å². The van der Waals surface area contributed by atoms with Gasteiger partial charge in [0.05, 0.1) is 19.3 Å². The van der Waals surface area contributed by atoms with Gasteiger partial charge >= 0.3 is 0 Å². The molecule has 0 heterocycles. The van der Waals surface area contributed by atoms with Crippen molar-refractivity contribution in [2.45, 2.75) is 97.2 Å². The molecular formula is C34H46O2. The molecule has 0 spiro atoms. The second-order valence-corrected chi connectivity index (χ2v) is 10.0. The molecule has 3 rings (SSSR count). The minimum atomic E-state index is 0.278. The Labute approximate surface area is 220 Å². The molecule has 36 heavy (non-hydrogen) atoms. The van der Waals surface area contributed by atoms with Gasteiger partial charge in [0, 0.05) is 0 Å². The Morgan fingerprint density at radius 3 is 1.89 bits per heavy atom. The number of benzene rings is 3. The summed E-state index contributed by atoms with van der Waals surface area (Å²) in [6.45, 7) is 5.96. The normalized spacial score (nSPS) is 11.9. The van der Waals surface area contributed by atoms with Crippen LogP contribution in [-0.4, -0.2) is 12.7 Å². The first-order valence-electron chi connectivity index (χ1n) is 14.2. The first kappa shape index (κ1) is 28.0. The van der Waals surface area contributed by atoms with E-state index >= 15 is 0 Å². The summed E-state index contributed by atoms with van der Waals surface area (Å²) in [7, 11) is 0. The van der Waals surface area contributed by atoms with E-state index in [0.29, 0.717) is 6.61 Å². The second kappa shape index (κ2) is 17.0. The van der Waals surface area contributed by atoms with E-state index in [9.17, 15) is 0 Å². The van der Waals surface area contributed by atoms with Crippen LogP contribution in [0.1, 0.15) is 89.2 Å². The van der Waals surface area contributed by atoms with Crippen molar-refractivity contribution in [1.82, 2.24) is 0 Å². The summed E-state index contributed by atoms with van der Waals surface area (Å²) in [6, 6.07) is 27.9. The predicted octanol–water partition coefficient (Wildman–Crippen LogP) is 9.80. The van der Waals surface area contributed by atoms with Crippen LogP contribution in [0.3, 0.4) is 0 Å². The Hall–Kier alpha value is -2.58. The predicted molar refractivity (Wildman–Crippen MR) is 154 cm³/mol. The summed E-state index contributed by atoms with van der Waals surface area (Å²) in [5, 5.41) is 0. The van der Waals surface area contributed by atoms with E-state index in [1.54, 1.807) is 0 Å². The minimum Gasteiger partial charge on any atom is -0.494 e. The zero-order valence-electron chi connectivity index (χ0n) is 22.6. The third-order valence-corrected chi connectivity index (χ3v) is 6.86. The molecule has 2 heteroatoms. The molecule has 2 nitrogen and oxygen atoms in total. The third kappa shape index (κ3) is 11.0. The van der Waals surface area contributed by atoms with Crippen molar-refractivity contribution in [2.75, 3.05) is 6.61 Å². The summed E-state index contributed by atoms with van der Waals surface area (Å²) in [6.07, 6.45) is 14.2. The molecule has 0 bridgehead atoms. The van der Waals surface area contributed by atoms with Crippen LogP contribution in [0.25, 0.3) is 11.1 Å². The smallest absolute Gasteiger partial charge is 0.119 e. The average molecular weight is 487 g/mol. The van der Waals surface area contributed by atoms with Gasteiger partial charge in [-0.15, -0.1) is 0 Å². The van der Waals surface area contributed by atoms with Crippen LogP contribution in [0.2, 0.25) is 0 Å². The largest absolute Gasteiger partial charge is 0.494 e. The van der Waals surface area contributed by atoms with Crippen molar-refractivity contribution in [1.29, 1.82) is 0 Å². The van der Waals surface area contributed by atoms with Crippen LogP contribution in [0, 0.1) is 0 Å². The summed E-state index contributed by atoms with van der Waals surface area (Å²) in [5.41, 5.74) is 5.12. The number of ether oxygens (including phenoxy) is 2. The molecule has 3 aromatic carbocycles. The molecule has 1 unspecified atom stereocenters. The van der Waals surface area contributed by atoms with Gasteiger partial charge in [0.15, 0.2) is 0 Å². The van der Waals surface area contributed by atoms with Crippen LogP contribution in [0.5, 0.6) is 5.75 Å². The van der Waals surface area contributed by atoms with Gasteiger partial charge < -0.3 is 9.47 Å². The zero-order valence-corrected chi connectivity index (χ0v) is 22.6.